The van der Waals surface area contributed by atoms with Gasteiger partial charge in [0.25, 0.3) is 0 Å². The summed E-state index contributed by atoms with van der Waals surface area (Å²) in [5, 5.41) is 0. The third kappa shape index (κ3) is 9.28. The van der Waals surface area contributed by atoms with Crippen LogP contribution in [0.5, 0.6) is 0 Å². The van der Waals surface area contributed by atoms with Gasteiger partial charge in [0, 0.05) is 12.4 Å². The van der Waals surface area contributed by atoms with Gasteiger partial charge in [-0.1, -0.05) is 43.9 Å². The number of hydrogen-bond acceptors (Lipinski definition) is 1. The summed E-state index contributed by atoms with van der Waals surface area (Å²) in [4.78, 5) is 3.94. The maximum absolute atomic E-state index is 12.2. The van der Waals surface area contributed by atoms with E-state index in [0.29, 0.717) is 0 Å². The van der Waals surface area contributed by atoms with E-state index in [9.17, 15) is 4.39 Å². The Balaban J connectivity index is 0.000000321. The van der Waals surface area contributed by atoms with Gasteiger partial charge >= 0.3 is 0 Å². The van der Waals surface area contributed by atoms with Crippen molar-refractivity contribution in [2.75, 3.05) is 0 Å². The Labute approximate surface area is 109 Å². The Morgan fingerprint density at radius 3 is 2.44 bits per heavy atom. The van der Waals surface area contributed by atoms with E-state index in [1.165, 1.54) is 12.1 Å². The average Bonchev–Trinajstić information content (AvgIpc) is 2.40. The van der Waals surface area contributed by atoms with E-state index in [0.717, 1.165) is 12.0 Å². The maximum atomic E-state index is 12.2. The lowest BCUT2D eigenvalue weighted by molar-refractivity contribution is 0.628. The van der Waals surface area contributed by atoms with Crippen LogP contribution in [-0.2, 0) is 0 Å². The summed E-state index contributed by atoms with van der Waals surface area (Å²) in [6, 6.07) is 6.19. The lowest BCUT2D eigenvalue weighted by atomic mass is 10.2. The van der Waals surface area contributed by atoms with Gasteiger partial charge in [-0.3, -0.25) is 4.99 Å². The number of halogens is 1. The molecule has 0 fully saturated rings. The fourth-order valence-electron chi connectivity index (χ4n) is 0.981. The zero-order valence-electron chi connectivity index (χ0n) is 11.0. The van der Waals surface area contributed by atoms with Crippen molar-refractivity contribution in [3.63, 3.8) is 0 Å². The molecule has 0 unspecified atom stereocenters. The van der Waals surface area contributed by atoms with Crippen molar-refractivity contribution in [2.24, 2.45) is 4.99 Å². The summed E-state index contributed by atoms with van der Waals surface area (Å²) in [6.07, 6.45) is 12.2. The third-order valence-corrected chi connectivity index (χ3v) is 1.88. The van der Waals surface area contributed by atoms with Gasteiger partial charge in [-0.15, -0.1) is 0 Å². The quantitative estimate of drug-likeness (QED) is 0.660. The molecule has 1 nitrogen and oxygen atoms in total. The van der Waals surface area contributed by atoms with Crippen LogP contribution in [0.4, 0.5) is 4.39 Å². The second kappa shape index (κ2) is 11.5. The van der Waals surface area contributed by atoms with Crippen molar-refractivity contribution >= 4 is 12.3 Å². The molecule has 0 N–H and O–H groups in total. The van der Waals surface area contributed by atoms with Crippen LogP contribution >= 0.6 is 0 Å². The molecule has 0 radical (unpaired) electrons. The van der Waals surface area contributed by atoms with Crippen molar-refractivity contribution in [1.29, 1.82) is 0 Å². The Kier molecular flexibility index (Phi) is 10.3. The van der Waals surface area contributed by atoms with E-state index in [2.05, 4.69) is 24.6 Å². The highest BCUT2D eigenvalue weighted by Gasteiger charge is 1.85. The van der Waals surface area contributed by atoms with Crippen LogP contribution in [0.15, 0.2) is 60.3 Å². The van der Waals surface area contributed by atoms with Crippen LogP contribution in [0.3, 0.4) is 0 Å². The van der Waals surface area contributed by atoms with Gasteiger partial charge in [-0.25, -0.2) is 4.39 Å². The van der Waals surface area contributed by atoms with E-state index < -0.39 is 0 Å². The van der Waals surface area contributed by atoms with Crippen LogP contribution < -0.4 is 0 Å². The zero-order valence-corrected chi connectivity index (χ0v) is 11.0. The van der Waals surface area contributed by atoms with Crippen molar-refractivity contribution in [2.45, 2.75) is 20.3 Å². The first kappa shape index (κ1) is 16.0. The number of nitrogens with zero attached hydrogens (tertiary/aromatic N) is 1. The molecule has 0 amide bonds. The summed E-state index contributed by atoms with van der Waals surface area (Å²) in [7, 11) is 0. The van der Waals surface area contributed by atoms with Gasteiger partial charge < -0.3 is 0 Å². The first-order valence-electron chi connectivity index (χ1n) is 5.92. The molecule has 0 aliphatic carbocycles. The smallest absolute Gasteiger partial charge is 0.123 e. The number of aliphatic imine (C=N–C) groups is 1. The molecule has 18 heavy (non-hydrogen) atoms. The summed E-state index contributed by atoms with van der Waals surface area (Å²) < 4.78 is 12.2. The summed E-state index contributed by atoms with van der Waals surface area (Å²) in [5.41, 5.74) is 0.941. The van der Waals surface area contributed by atoms with Gasteiger partial charge in [0.05, 0.1) is 0 Å². The Morgan fingerprint density at radius 1 is 1.28 bits per heavy atom. The van der Waals surface area contributed by atoms with Gasteiger partial charge in [-0.05, 0) is 37.1 Å². The molecule has 0 saturated heterocycles. The van der Waals surface area contributed by atoms with Crippen molar-refractivity contribution in [3.05, 3.63) is 66.7 Å². The molecule has 0 saturated carbocycles. The lowest BCUT2D eigenvalue weighted by Gasteiger charge is -1.88. The Morgan fingerprint density at radius 2 is 1.94 bits per heavy atom. The molecule has 0 aliphatic heterocycles. The molecule has 0 spiro atoms. The first-order valence-corrected chi connectivity index (χ1v) is 5.92. The van der Waals surface area contributed by atoms with E-state index >= 15 is 0 Å². The standard InChI is InChI=1S/C8H7F.C8H13N/c1-2-7-3-5-8(9)6-4-7;1-3-5-6-8-9-7-4-2/h2-6H,1H2;4-8H,3H2,1-2H3/b;6-5?,7-4-,9-8?. The number of allylic oxidation sites excluding steroid dienone is 3. The summed E-state index contributed by atoms with van der Waals surface area (Å²) in [6.45, 7) is 7.58. The van der Waals surface area contributed by atoms with Gasteiger partial charge in [0.15, 0.2) is 0 Å². The number of benzene rings is 1. The molecule has 0 atom stereocenters. The van der Waals surface area contributed by atoms with E-state index in [4.69, 9.17) is 0 Å². The normalized spacial score (nSPS) is 10.8. The summed E-state index contributed by atoms with van der Waals surface area (Å²) >= 11 is 0. The molecular formula is C16H20FN. The van der Waals surface area contributed by atoms with Crippen molar-refractivity contribution in [1.82, 2.24) is 0 Å². The average molecular weight is 245 g/mol. The molecule has 0 heterocycles. The van der Waals surface area contributed by atoms with Gasteiger partial charge in [0.2, 0.25) is 0 Å². The Hall–Kier alpha value is -1.96. The molecule has 2 heteroatoms. The molecule has 0 aliphatic rings. The second-order valence-corrected chi connectivity index (χ2v) is 3.37. The monoisotopic (exact) mass is 245 g/mol. The van der Waals surface area contributed by atoms with Crippen LogP contribution in [0.1, 0.15) is 25.8 Å². The van der Waals surface area contributed by atoms with Crippen LogP contribution in [0.25, 0.3) is 6.08 Å². The maximum Gasteiger partial charge on any atom is 0.123 e. The molecule has 96 valence electrons. The minimum atomic E-state index is -0.208. The van der Waals surface area contributed by atoms with Gasteiger partial charge in [-0.2, -0.15) is 0 Å². The largest absolute Gasteiger partial charge is 0.265 e. The van der Waals surface area contributed by atoms with E-state index in [1.807, 2.05) is 19.1 Å². The second-order valence-electron chi connectivity index (χ2n) is 3.37. The lowest BCUT2D eigenvalue weighted by Crippen LogP contribution is -1.72. The van der Waals surface area contributed by atoms with Crippen LogP contribution in [0, 0.1) is 5.82 Å². The highest BCUT2D eigenvalue weighted by molar-refractivity contribution is 5.71. The molecule has 0 aromatic heterocycles. The van der Waals surface area contributed by atoms with Crippen molar-refractivity contribution in [3.8, 4) is 0 Å². The highest BCUT2D eigenvalue weighted by atomic mass is 19.1. The van der Waals surface area contributed by atoms with Crippen molar-refractivity contribution < 1.29 is 4.39 Å². The molecular weight excluding hydrogens is 225 g/mol. The van der Waals surface area contributed by atoms with E-state index in [1.54, 1.807) is 30.6 Å². The van der Waals surface area contributed by atoms with Crippen LogP contribution in [-0.4, -0.2) is 6.21 Å². The predicted molar refractivity (Wildman–Crippen MR) is 79.2 cm³/mol. The SMILES string of the molecule is C/C=C\N=CC=CCC.C=Cc1ccc(F)cc1. The number of hydrogen-bond donors (Lipinski definition) is 0. The summed E-state index contributed by atoms with van der Waals surface area (Å²) in [5.74, 6) is -0.208. The number of rotatable bonds is 4. The molecule has 0 bridgehead atoms. The van der Waals surface area contributed by atoms with E-state index in [-0.39, 0.29) is 5.82 Å². The minimum Gasteiger partial charge on any atom is -0.265 e. The first-order chi connectivity index (χ1) is 8.74. The minimum absolute atomic E-state index is 0.208. The van der Waals surface area contributed by atoms with Gasteiger partial charge in [0.1, 0.15) is 5.82 Å². The topological polar surface area (TPSA) is 12.4 Å². The molecule has 1 rings (SSSR count). The zero-order chi connectivity index (χ0) is 13.6. The molecule has 1 aromatic carbocycles. The highest BCUT2D eigenvalue weighted by Crippen LogP contribution is 2.02. The Bertz CT molecular complexity index is 400. The predicted octanol–water partition coefficient (Wildman–Crippen LogP) is 5.03. The van der Waals surface area contributed by atoms with Crippen LogP contribution in [0.2, 0.25) is 0 Å². The molecule has 1 aromatic rings. The third-order valence-electron chi connectivity index (χ3n) is 1.88. The fourth-order valence-corrected chi connectivity index (χ4v) is 0.981. The fraction of sp³-hybridized carbons (Fsp3) is 0.188.